The second-order valence-corrected chi connectivity index (χ2v) is 6.59. The molecule has 5 heteroatoms. The van der Waals surface area contributed by atoms with E-state index < -0.39 is 5.97 Å². The minimum atomic E-state index is -0.753. The van der Waals surface area contributed by atoms with E-state index in [0.29, 0.717) is 12.5 Å². The Morgan fingerprint density at radius 3 is 2.50 bits per heavy atom. The molecular formula is C15H26N2O3. The smallest absolute Gasteiger partial charge is 0.303 e. The fourth-order valence-electron chi connectivity index (χ4n) is 3.61. The van der Waals surface area contributed by atoms with Crippen molar-refractivity contribution in [3.63, 3.8) is 0 Å². The van der Waals surface area contributed by atoms with Crippen molar-refractivity contribution in [2.24, 2.45) is 17.3 Å². The number of nitrogens with one attached hydrogen (secondary N) is 2. The average Bonchev–Trinajstić information content (AvgIpc) is 2.83. The van der Waals surface area contributed by atoms with Gasteiger partial charge in [-0.1, -0.05) is 26.2 Å². The molecule has 2 unspecified atom stereocenters. The predicted molar refractivity (Wildman–Crippen MR) is 76.3 cm³/mol. The van der Waals surface area contributed by atoms with E-state index in [1.165, 1.54) is 6.42 Å². The standard InChI is InChI=1S/C15H26N2O3/c1-11-8-16-9-12(11)14(20)17-10-15(7-13(18)19)5-3-2-4-6-15/h11-12,16H,2-10H2,1H3,(H,17,20)(H,18,19). The number of carbonyl (C=O) groups excluding carboxylic acids is 1. The van der Waals surface area contributed by atoms with Gasteiger partial charge in [-0.2, -0.15) is 0 Å². The first kappa shape index (κ1) is 15.3. The highest BCUT2D eigenvalue weighted by Gasteiger charge is 2.36. The van der Waals surface area contributed by atoms with E-state index in [1.807, 2.05) is 0 Å². The minimum Gasteiger partial charge on any atom is -0.481 e. The van der Waals surface area contributed by atoms with Gasteiger partial charge in [0.2, 0.25) is 5.91 Å². The number of carbonyl (C=O) groups is 2. The van der Waals surface area contributed by atoms with Crippen molar-refractivity contribution >= 4 is 11.9 Å². The summed E-state index contributed by atoms with van der Waals surface area (Å²) in [7, 11) is 0. The Morgan fingerprint density at radius 1 is 1.25 bits per heavy atom. The fourth-order valence-corrected chi connectivity index (χ4v) is 3.61. The van der Waals surface area contributed by atoms with Crippen molar-refractivity contribution in [1.29, 1.82) is 0 Å². The van der Waals surface area contributed by atoms with Crippen LogP contribution >= 0.6 is 0 Å². The van der Waals surface area contributed by atoms with Gasteiger partial charge in [0.25, 0.3) is 0 Å². The summed E-state index contributed by atoms with van der Waals surface area (Å²) in [4.78, 5) is 23.3. The Morgan fingerprint density at radius 2 is 1.95 bits per heavy atom. The maximum absolute atomic E-state index is 12.2. The average molecular weight is 282 g/mol. The zero-order chi connectivity index (χ0) is 14.6. The molecule has 2 atom stereocenters. The van der Waals surface area contributed by atoms with Crippen molar-refractivity contribution in [3.8, 4) is 0 Å². The van der Waals surface area contributed by atoms with Gasteiger partial charge in [-0.05, 0) is 30.7 Å². The normalized spacial score (nSPS) is 29.1. The number of hydrogen-bond acceptors (Lipinski definition) is 3. The SMILES string of the molecule is CC1CNCC1C(=O)NCC1(CC(=O)O)CCCCC1. The molecule has 114 valence electrons. The molecule has 1 amide bonds. The van der Waals surface area contributed by atoms with Gasteiger partial charge < -0.3 is 15.7 Å². The van der Waals surface area contributed by atoms with Gasteiger partial charge in [-0.3, -0.25) is 9.59 Å². The molecule has 1 saturated heterocycles. The summed E-state index contributed by atoms with van der Waals surface area (Å²) < 4.78 is 0. The van der Waals surface area contributed by atoms with Gasteiger partial charge in [-0.25, -0.2) is 0 Å². The largest absolute Gasteiger partial charge is 0.481 e. The van der Waals surface area contributed by atoms with Gasteiger partial charge in [0.1, 0.15) is 0 Å². The first-order valence-electron chi connectivity index (χ1n) is 7.73. The first-order chi connectivity index (χ1) is 9.52. The van der Waals surface area contributed by atoms with E-state index in [2.05, 4.69) is 17.6 Å². The Labute approximate surface area is 120 Å². The third kappa shape index (κ3) is 3.72. The van der Waals surface area contributed by atoms with Gasteiger partial charge >= 0.3 is 5.97 Å². The Hall–Kier alpha value is -1.10. The van der Waals surface area contributed by atoms with E-state index in [-0.39, 0.29) is 23.7 Å². The van der Waals surface area contributed by atoms with Gasteiger partial charge in [0, 0.05) is 13.1 Å². The molecule has 2 fully saturated rings. The summed E-state index contributed by atoms with van der Waals surface area (Å²) in [6.45, 7) is 4.22. The zero-order valence-corrected chi connectivity index (χ0v) is 12.3. The van der Waals surface area contributed by atoms with Crippen LogP contribution in [0.15, 0.2) is 0 Å². The molecule has 0 aromatic heterocycles. The molecule has 0 aromatic rings. The van der Waals surface area contributed by atoms with Gasteiger partial charge in [-0.15, -0.1) is 0 Å². The maximum atomic E-state index is 12.2. The van der Waals surface area contributed by atoms with Crippen LogP contribution in [0.3, 0.4) is 0 Å². The van der Waals surface area contributed by atoms with E-state index in [9.17, 15) is 9.59 Å². The lowest BCUT2D eigenvalue weighted by atomic mass is 9.71. The second kappa shape index (κ2) is 6.57. The van der Waals surface area contributed by atoms with Crippen molar-refractivity contribution in [2.75, 3.05) is 19.6 Å². The van der Waals surface area contributed by atoms with E-state index in [0.717, 1.165) is 38.8 Å². The Balaban J connectivity index is 1.91. The highest BCUT2D eigenvalue weighted by atomic mass is 16.4. The van der Waals surface area contributed by atoms with Crippen LogP contribution in [0.2, 0.25) is 0 Å². The molecule has 2 rings (SSSR count). The molecule has 5 nitrogen and oxygen atoms in total. The predicted octanol–water partition coefficient (Wildman–Crippen LogP) is 1.38. The van der Waals surface area contributed by atoms with Crippen LogP contribution in [0, 0.1) is 17.3 Å². The lowest BCUT2D eigenvalue weighted by Crippen LogP contribution is -2.43. The molecule has 1 aliphatic heterocycles. The molecule has 3 N–H and O–H groups in total. The van der Waals surface area contributed by atoms with Crippen molar-refractivity contribution in [3.05, 3.63) is 0 Å². The first-order valence-corrected chi connectivity index (χ1v) is 7.73. The topological polar surface area (TPSA) is 78.4 Å². The monoisotopic (exact) mass is 282 g/mol. The summed E-state index contributed by atoms with van der Waals surface area (Å²) in [6, 6.07) is 0. The van der Waals surface area contributed by atoms with E-state index >= 15 is 0 Å². The molecule has 1 aliphatic carbocycles. The third-order valence-corrected chi connectivity index (χ3v) is 4.93. The van der Waals surface area contributed by atoms with Gasteiger partial charge in [0.05, 0.1) is 12.3 Å². The summed E-state index contributed by atoms with van der Waals surface area (Å²) in [5, 5.41) is 15.4. The number of carboxylic acid groups (broad SMARTS) is 1. The van der Waals surface area contributed by atoms with Crippen molar-refractivity contribution < 1.29 is 14.7 Å². The van der Waals surface area contributed by atoms with Crippen LogP contribution in [0.4, 0.5) is 0 Å². The van der Waals surface area contributed by atoms with Crippen LogP contribution in [-0.2, 0) is 9.59 Å². The molecule has 1 heterocycles. The summed E-state index contributed by atoms with van der Waals surface area (Å²) in [5.74, 6) is -0.285. The molecular weight excluding hydrogens is 256 g/mol. The molecule has 0 radical (unpaired) electrons. The van der Waals surface area contributed by atoms with Crippen molar-refractivity contribution in [1.82, 2.24) is 10.6 Å². The zero-order valence-electron chi connectivity index (χ0n) is 12.3. The summed E-state index contributed by atoms with van der Waals surface area (Å²) >= 11 is 0. The fraction of sp³-hybridized carbons (Fsp3) is 0.867. The number of carboxylic acids is 1. The van der Waals surface area contributed by atoms with E-state index in [4.69, 9.17) is 5.11 Å². The molecule has 0 spiro atoms. The lowest BCUT2D eigenvalue weighted by Gasteiger charge is -2.36. The summed E-state index contributed by atoms with van der Waals surface area (Å²) in [5.41, 5.74) is -0.227. The number of rotatable bonds is 5. The maximum Gasteiger partial charge on any atom is 0.303 e. The Kier molecular flexibility index (Phi) is 5.02. The molecule has 0 bridgehead atoms. The van der Waals surface area contributed by atoms with Crippen LogP contribution in [0.25, 0.3) is 0 Å². The van der Waals surface area contributed by atoms with Crippen molar-refractivity contribution in [2.45, 2.75) is 45.4 Å². The minimum absolute atomic E-state index is 0.0282. The number of amides is 1. The van der Waals surface area contributed by atoms with E-state index in [1.54, 1.807) is 0 Å². The van der Waals surface area contributed by atoms with Crippen LogP contribution in [-0.4, -0.2) is 36.6 Å². The van der Waals surface area contributed by atoms with Crippen LogP contribution in [0.5, 0.6) is 0 Å². The number of hydrogen-bond donors (Lipinski definition) is 3. The lowest BCUT2D eigenvalue weighted by molar-refractivity contribution is -0.141. The molecule has 1 saturated carbocycles. The third-order valence-electron chi connectivity index (χ3n) is 4.93. The van der Waals surface area contributed by atoms with Crippen LogP contribution < -0.4 is 10.6 Å². The highest BCUT2D eigenvalue weighted by molar-refractivity contribution is 5.79. The Bertz CT molecular complexity index is 364. The highest BCUT2D eigenvalue weighted by Crippen LogP contribution is 2.38. The van der Waals surface area contributed by atoms with Crippen LogP contribution in [0.1, 0.15) is 45.4 Å². The quantitative estimate of drug-likeness (QED) is 0.712. The molecule has 0 aromatic carbocycles. The molecule has 2 aliphatic rings. The van der Waals surface area contributed by atoms with Gasteiger partial charge in [0.15, 0.2) is 0 Å². The number of aliphatic carboxylic acids is 1. The second-order valence-electron chi connectivity index (χ2n) is 6.59. The molecule has 20 heavy (non-hydrogen) atoms. The summed E-state index contributed by atoms with van der Waals surface area (Å²) in [6.07, 6.45) is 5.33.